The van der Waals surface area contributed by atoms with Gasteiger partial charge < -0.3 is 19.9 Å². The highest BCUT2D eigenvalue weighted by Crippen LogP contribution is 2.28. The maximum absolute atomic E-state index is 13.3. The standard InChI is InChI=1S/C30H31N3O5/c1-3-5-12-25(32-24-13-8-7-11-23(24)29(35)33-38-28(34)4-2)30(36)31-22-17-15-20(16-18-22)27-19-21-10-6-9-14-26(21)37-27/h6-11,13-19,25,32H,3-5,12H2,1-2H3,(H,31,36)(H,33,35)/t25-/m0/s1. The van der Waals surface area contributed by atoms with E-state index in [1.165, 1.54) is 0 Å². The van der Waals surface area contributed by atoms with Crippen LogP contribution in [0.5, 0.6) is 0 Å². The van der Waals surface area contributed by atoms with Gasteiger partial charge in [-0.2, -0.15) is 5.48 Å². The van der Waals surface area contributed by atoms with Crippen molar-refractivity contribution in [2.24, 2.45) is 0 Å². The third-order valence-electron chi connectivity index (χ3n) is 6.07. The highest BCUT2D eigenvalue weighted by molar-refractivity contribution is 6.01. The van der Waals surface area contributed by atoms with Crippen LogP contribution in [0.1, 0.15) is 49.9 Å². The smallest absolute Gasteiger partial charge is 0.331 e. The molecule has 196 valence electrons. The quantitative estimate of drug-likeness (QED) is 0.215. The van der Waals surface area contributed by atoms with Gasteiger partial charge in [0, 0.05) is 28.7 Å². The van der Waals surface area contributed by atoms with E-state index in [9.17, 15) is 14.4 Å². The number of anilines is 2. The minimum absolute atomic E-state index is 0.138. The van der Waals surface area contributed by atoms with Gasteiger partial charge in [0.25, 0.3) is 5.91 Å². The lowest BCUT2D eigenvalue weighted by atomic mass is 10.1. The molecule has 38 heavy (non-hydrogen) atoms. The van der Waals surface area contributed by atoms with E-state index < -0.39 is 17.9 Å². The molecule has 8 nitrogen and oxygen atoms in total. The summed E-state index contributed by atoms with van der Waals surface area (Å²) in [4.78, 5) is 42.1. The number of unbranched alkanes of at least 4 members (excludes halogenated alkanes) is 1. The average Bonchev–Trinajstić information content (AvgIpc) is 3.38. The van der Waals surface area contributed by atoms with Crippen LogP contribution in [0.15, 0.2) is 83.3 Å². The minimum atomic E-state index is -0.586. The van der Waals surface area contributed by atoms with Crippen molar-refractivity contribution in [1.82, 2.24) is 5.48 Å². The van der Waals surface area contributed by atoms with Crippen molar-refractivity contribution in [3.05, 3.63) is 84.4 Å². The molecule has 0 spiro atoms. The Labute approximate surface area is 221 Å². The molecular weight excluding hydrogens is 482 g/mol. The largest absolute Gasteiger partial charge is 0.456 e. The van der Waals surface area contributed by atoms with E-state index >= 15 is 0 Å². The molecule has 1 aromatic heterocycles. The molecule has 8 heteroatoms. The lowest BCUT2D eigenvalue weighted by molar-refractivity contribution is -0.148. The number of hydrogen-bond donors (Lipinski definition) is 3. The second-order valence-corrected chi connectivity index (χ2v) is 8.86. The molecule has 3 aromatic carbocycles. The summed E-state index contributed by atoms with van der Waals surface area (Å²) in [5.41, 5.74) is 5.27. The minimum Gasteiger partial charge on any atom is -0.456 e. The third-order valence-corrected chi connectivity index (χ3v) is 6.07. The van der Waals surface area contributed by atoms with E-state index in [1.807, 2.05) is 54.6 Å². The fraction of sp³-hybridized carbons (Fsp3) is 0.233. The summed E-state index contributed by atoms with van der Waals surface area (Å²) in [6, 6.07) is 23.5. The van der Waals surface area contributed by atoms with E-state index in [1.54, 1.807) is 31.2 Å². The zero-order valence-corrected chi connectivity index (χ0v) is 21.5. The van der Waals surface area contributed by atoms with Gasteiger partial charge in [0.1, 0.15) is 17.4 Å². The second-order valence-electron chi connectivity index (χ2n) is 8.86. The highest BCUT2D eigenvalue weighted by atomic mass is 16.7. The molecule has 1 atom stereocenters. The van der Waals surface area contributed by atoms with Crippen molar-refractivity contribution in [2.75, 3.05) is 10.6 Å². The van der Waals surface area contributed by atoms with E-state index in [-0.39, 0.29) is 17.9 Å². The van der Waals surface area contributed by atoms with Crippen molar-refractivity contribution < 1.29 is 23.6 Å². The highest BCUT2D eigenvalue weighted by Gasteiger charge is 2.21. The normalized spacial score (nSPS) is 11.5. The van der Waals surface area contributed by atoms with E-state index in [2.05, 4.69) is 23.0 Å². The van der Waals surface area contributed by atoms with Gasteiger partial charge in [0.15, 0.2) is 0 Å². The Bertz CT molecular complexity index is 1380. The SMILES string of the molecule is CCCC[C@H](Nc1ccccc1C(=O)NOC(=O)CC)C(=O)Nc1ccc(-c2cc3ccccc3o2)cc1. The molecule has 3 N–H and O–H groups in total. The summed E-state index contributed by atoms with van der Waals surface area (Å²) in [5, 5.41) is 7.21. The molecule has 2 amide bonds. The number of fused-ring (bicyclic) bond motifs is 1. The number of hydrogen-bond acceptors (Lipinski definition) is 6. The van der Waals surface area contributed by atoms with Crippen LogP contribution in [-0.4, -0.2) is 23.8 Å². The average molecular weight is 514 g/mol. The van der Waals surface area contributed by atoms with Crippen LogP contribution in [-0.2, 0) is 14.4 Å². The molecule has 0 aliphatic heterocycles. The molecule has 4 rings (SSSR count). The number of benzene rings is 3. The lowest BCUT2D eigenvalue weighted by Crippen LogP contribution is -2.36. The van der Waals surface area contributed by atoms with Gasteiger partial charge in [-0.25, -0.2) is 4.79 Å². The Morgan fingerprint density at radius 2 is 1.66 bits per heavy atom. The molecule has 0 aliphatic carbocycles. The monoisotopic (exact) mass is 513 g/mol. The Balaban J connectivity index is 1.46. The predicted octanol–water partition coefficient (Wildman–Crippen LogP) is 6.31. The van der Waals surface area contributed by atoms with Crippen molar-refractivity contribution in [3.63, 3.8) is 0 Å². The molecule has 0 saturated heterocycles. The van der Waals surface area contributed by atoms with Gasteiger partial charge in [0.05, 0.1) is 5.56 Å². The first-order valence-electron chi connectivity index (χ1n) is 12.7. The molecule has 0 aliphatic rings. The van der Waals surface area contributed by atoms with Crippen LogP contribution in [0.4, 0.5) is 11.4 Å². The number of rotatable bonds is 10. The number of carbonyl (C=O) groups is 3. The van der Waals surface area contributed by atoms with Gasteiger partial charge in [0.2, 0.25) is 5.91 Å². The summed E-state index contributed by atoms with van der Waals surface area (Å²) in [7, 11) is 0. The van der Waals surface area contributed by atoms with Gasteiger partial charge in [-0.3, -0.25) is 9.59 Å². The maximum Gasteiger partial charge on any atom is 0.331 e. The van der Waals surface area contributed by atoms with Crippen molar-refractivity contribution >= 4 is 40.1 Å². The fourth-order valence-electron chi connectivity index (χ4n) is 3.97. The molecular formula is C30H31N3O5. The zero-order valence-electron chi connectivity index (χ0n) is 21.5. The van der Waals surface area contributed by atoms with Crippen molar-refractivity contribution in [3.8, 4) is 11.3 Å². The Morgan fingerprint density at radius 1 is 0.921 bits per heavy atom. The van der Waals surface area contributed by atoms with Crippen LogP contribution in [0.3, 0.4) is 0 Å². The number of furan rings is 1. The lowest BCUT2D eigenvalue weighted by Gasteiger charge is -2.21. The van der Waals surface area contributed by atoms with E-state index in [0.717, 1.165) is 35.1 Å². The van der Waals surface area contributed by atoms with Crippen molar-refractivity contribution in [2.45, 2.75) is 45.6 Å². The number of nitrogens with one attached hydrogen (secondary N) is 3. The van der Waals surface area contributed by atoms with E-state index in [4.69, 9.17) is 9.25 Å². The number of hydroxylamine groups is 1. The van der Waals surface area contributed by atoms with Gasteiger partial charge in [-0.1, -0.05) is 57.0 Å². The first kappa shape index (κ1) is 26.5. The van der Waals surface area contributed by atoms with Gasteiger partial charge in [-0.05, 0) is 55.0 Å². The Morgan fingerprint density at radius 3 is 2.39 bits per heavy atom. The second kappa shape index (κ2) is 12.6. The Kier molecular flexibility index (Phi) is 8.77. The molecule has 0 radical (unpaired) electrons. The number of para-hydroxylation sites is 2. The summed E-state index contributed by atoms with van der Waals surface area (Å²) in [6.45, 7) is 3.68. The van der Waals surface area contributed by atoms with Gasteiger partial charge >= 0.3 is 5.97 Å². The zero-order chi connectivity index (χ0) is 26.9. The number of amides is 2. The van der Waals surface area contributed by atoms with E-state index in [0.29, 0.717) is 17.8 Å². The first-order chi connectivity index (χ1) is 18.5. The summed E-state index contributed by atoms with van der Waals surface area (Å²) < 4.78 is 5.93. The molecule has 0 fully saturated rings. The molecule has 0 saturated carbocycles. The van der Waals surface area contributed by atoms with Crippen LogP contribution >= 0.6 is 0 Å². The summed E-state index contributed by atoms with van der Waals surface area (Å²) in [5.74, 6) is -0.588. The molecule has 1 heterocycles. The predicted molar refractivity (Wildman–Crippen MR) is 148 cm³/mol. The van der Waals surface area contributed by atoms with Crippen LogP contribution in [0, 0.1) is 0 Å². The summed E-state index contributed by atoms with van der Waals surface area (Å²) >= 11 is 0. The third kappa shape index (κ3) is 6.59. The van der Waals surface area contributed by atoms with Crippen LogP contribution in [0.25, 0.3) is 22.3 Å². The van der Waals surface area contributed by atoms with Crippen LogP contribution < -0.4 is 16.1 Å². The van der Waals surface area contributed by atoms with Crippen LogP contribution in [0.2, 0.25) is 0 Å². The Hall–Kier alpha value is -4.59. The molecule has 0 bridgehead atoms. The topological polar surface area (TPSA) is 110 Å². The fourth-order valence-corrected chi connectivity index (χ4v) is 3.97. The molecule has 4 aromatic rings. The summed E-state index contributed by atoms with van der Waals surface area (Å²) in [6.07, 6.45) is 2.43. The van der Waals surface area contributed by atoms with Gasteiger partial charge in [-0.15, -0.1) is 0 Å². The maximum atomic E-state index is 13.3. The van der Waals surface area contributed by atoms with Crippen molar-refractivity contribution in [1.29, 1.82) is 0 Å². The molecule has 0 unspecified atom stereocenters. The first-order valence-corrected chi connectivity index (χ1v) is 12.7. The number of carbonyl (C=O) groups excluding carboxylic acids is 3.